The van der Waals surface area contributed by atoms with E-state index in [4.69, 9.17) is 0 Å². The standard InChI is InChI=1S/C25H25N3O4S/c1-3-15-26-33(31,32)17-19-10-13-22(14-11-19)27-25(30)21-12-9-18(2)23(16-21)28-24(29)20-7-5-4-6-8-20/h3-14,16,26H,1,15,17H2,2H3,(H,27,30)(H,28,29). The maximum absolute atomic E-state index is 12.7. The van der Waals surface area contributed by atoms with E-state index in [9.17, 15) is 18.0 Å². The summed E-state index contributed by atoms with van der Waals surface area (Å²) < 4.78 is 26.4. The van der Waals surface area contributed by atoms with Crippen LogP contribution >= 0.6 is 0 Å². The molecule has 0 spiro atoms. The summed E-state index contributed by atoms with van der Waals surface area (Å²) in [7, 11) is -3.46. The lowest BCUT2D eigenvalue weighted by Crippen LogP contribution is -2.25. The van der Waals surface area contributed by atoms with Gasteiger partial charge in [-0.1, -0.05) is 42.5 Å². The van der Waals surface area contributed by atoms with E-state index in [-0.39, 0.29) is 24.1 Å². The van der Waals surface area contributed by atoms with Crippen LogP contribution in [0.4, 0.5) is 11.4 Å². The quantitative estimate of drug-likeness (QED) is 0.416. The van der Waals surface area contributed by atoms with Crippen molar-refractivity contribution < 1.29 is 18.0 Å². The van der Waals surface area contributed by atoms with E-state index in [2.05, 4.69) is 21.9 Å². The highest BCUT2D eigenvalue weighted by atomic mass is 32.2. The summed E-state index contributed by atoms with van der Waals surface area (Å²) >= 11 is 0. The summed E-state index contributed by atoms with van der Waals surface area (Å²) in [5.74, 6) is -0.778. The molecular weight excluding hydrogens is 438 g/mol. The van der Waals surface area contributed by atoms with Gasteiger partial charge in [0.05, 0.1) is 5.75 Å². The van der Waals surface area contributed by atoms with Crippen LogP contribution in [0.15, 0.2) is 85.5 Å². The number of anilines is 2. The van der Waals surface area contributed by atoms with Crippen molar-refractivity contribution >= 4 is 33.2 Å². The predicted molar refractivity (Wildman–Crippen MR) is 131 cm³/mol. The lowest BCUT2D eigenvalue weighted by molar-refractivity contribution is 0.101. The monoisotopic (exact) mass is 463 g/mol. The van der Waals surface area contributed by atoms with Gasteiger partial charge in [-0.2, -0.15) is 0 Å². The lowest BCUT2D eigenvalue weighted by atomic mass is 10.1. The minimum atomic E-state index is -3.46. The highest BCUT2D eigenvalue weighted by Gasteiger charge is 2.13. The molecule has 170 valence electrons. The van der Waals surface area contributed by atoms with Gasteiger partial charge < -0.3 is 10.6 Å². The average Bonchev–Trinajstić information content (AvgIpc) is 2.80. The van der Waals surface area contributed by atoms with Crippen LogP contribution in [-0.2, 0) is 15.8 Å². The van der Waals surface area contributed by atoms with Gasteiger partial charge in [-0.15, -0.1) is 6.58 Å². The number of hydrogen-bond acceptors (Lipinski definition) is 4. The number of aryl methyl sites for hydroxylation is 1. The predicted octanol–water partition coefficient (Wildman–Crippen LogP) is 4.11. The second-order valence-electron chi connectivity index (χ2n) is 7.40. The molecule has 0 unspecified atom stereocenters. The van der Waals surface area contributed by atoms with Gasteiger partial charge in [-0.05, 0) is 54.4 Å². The average molecular weight is 464 g/mol. The Labute approximate surface area is 193 Å². The molecule has 0 aromatic heterocycles. The van der Waals surface area contributed by atoms with Crippen LogP contribution in [0.2, 0.25) is 0 Å². The molecule has 3 aromatic carbocycles. The van der Waals surface area contributed by atoms with Crippen LogP contribution in [0.3, 0.4) is 0 Å². The summed E-state index contributed by atoms with van der Waals surface area (Å²) in [5.41, 5.74) is 3.38. The Morgan fingerprint density at radius 2 is 1.55 bits per heavy atom. The van der Waals surface area contributed by atoms with Crippen LogP contribution in [0, 0.1) is 6.92 Å². The Balaban J connectivity index is 1.67. The first kappa shape index (κ1) is 23.9. The van der Waals surface area contributed by atoms with Crippen molar-refractivity contribution in [3.63, 3.8) is 0 Å². The van der Waals surface area contributed by atoms with Gasteiger partial charge in [0.2, 0.25) is 10.0 Å². The number of benzene rings is 3. The summed E-state index contributed by atoms with van der Waals surface area (Å²) in [6, 6.07) is 20.5. The minimum absolute atomic E-state index is 0.167. The summed E-state index contributed by atoms with van der Waals surface area (Å²) in [5, 5.41) is 5.63. The van der Waals surface area contributed by atoms with Crippen LogP contribution in [0.25, 0.3) is 0 Å². The van der Waals surface area contributed by atoms with Crippen LogP contribution in [-0.4, -0.2) is 26.8 Å². The van der Waals surface area contributed by atoms with E-state index in [0.717, 1.165) is 5.56 Å². The Morgan fingerprint density at radius 3 is 2.21 bits per heavy atom. The third-order valence-corrected chi connectivity index (χ3v) is 6.12. The molecule has 3 rings (SSSR count). The molecule has 0 heterocycles. The minimum Gasteiger partial charge on any atom is -0.322 e. The molecule has 3 aromatic rings. The number of amides is 2. The first-order chi connectivity index (χ1) is 15.8. The molecule has 7 nitrogen and oxygen atoms in total. The number of rotatable bonds is 9. The molecule has 0 aliphatic rings. The van der Waals surface area contributed by atoms with E-state index in [1.165, 1.54) is 6.08 Å². The highest BCUT2D eigenvalue weighted by Crippen LogP contribution is 2.20. The van der Waals surface area contributed by atoms with E-state index in [1.54, 1.807) is 66.7 Å². The van der Waals surface area contributed by atoms with Crippen molar-refractivity contribution in [3.8, 4) is 0 Å². The van der Waals surface area contributed by atoms with E-state index in [1.807, 2.05) is 13.0 Å². The van der Waals surface area contributed by atoms with Crippen molar-refractivity contribution in [3.05, 3.63) is 108 Å². The number of hydrogen-bond donors (Lipinski definition) is 3. The molecule has 0 bridgehead atoms. The third-order valence-electron chi connectivity index (χ3n) is 4.80. The zero-order chi connectivity index (χ0) is 23.8. The van der Waals surface area contributed by atoms with Gasteiger partial charge >= 0.3 is 0 Å². The maximum Gasteiger partial charge on any atom is 0.255 e. The fourth-order valence-corrected chi connectivity index (χ4v) is 4.13. The summed E-state index contributed by atoms with van der Waals surface area (Å²) in [4.78, 5) is 25.2. The molecule has 0 radical (unpaired) electrons. The zero-order valence-corrected chi connectivity index (χ0v) is 19.0. The second-order valence-corrected chi connectivity index (χ2v) is 9.20. The molecule has 0 aliphatic heterocycles. The maximum atomic E-state index is 12.7. The Bertz CT molecular complexity index is 1250. The van der Waals surface area contributed by atoms with E-state index in [0.29, 0.717) is 28.1 Å². The lowest BCUT2D eigenvalue weighted by Gasteiger charge is -2.12. The number of nitrogens with one attached hydrogen (secondary N) is 3. The van der Waals surface area contributed by atoms with Gasteiger partial charge in [0, 0.05) is 29.0 Å². The van der Waals surface area contributed by atoms with Crippen molar-refractivity contribution in [2.45, 2.75) is 12.7 Å². The fourth-order valence-electron chi connectivity index (χ4n) is 3.03. The molecule has 0 atom stereocenters. The van der Waals surface area contributed by atoms with E-state index < -0.39 is 10.0 Å². The van der Waals surface area contributed by atoms with Crippen molar-refractivity contribution in [2.24, 2.45) is 0 Å². The molecule has 0 saturated carbocycles. The second kappa shape index (κ2) is 10.7. The third kappa shape index (κ3) is 6.86. The Morgan fingerprint density at radius 1 is 0.879 bits per heavy atom. The van der Waals surface area contributed by atoms with Gasteiger partial charge in [0.25, 0.3) is 11.8 Å². The summed E-state index contributed by atoms with van der Waals surface area (Å²) in [6.45, 7) is 5.50. The Hall–Kier alpha value is -3.75. The molecule has 0 fully saturated rings. The van der Waals surface area contributed by atoms with Crippen molar-refractivity contribution in [1.29, 1.82) is 0 Å². The van der Waals surface area contributed by atoms with Crippen LogP contribution in [0.5, 0.6) is 0 Å². The molecule has 3 N–H and O–H groups in total. The molecule has 0 saturated heterocycles. The smallest absolute Gasteiger partial charge is 0.255 e. The summed E-state index contributed by atoms with van der Waals surface area (Å²) in [6.07, 6.45) is 1.47. The van der Waals surface area contributed by atoms with Crippen molar-refractivity contribution in [2.75, 3.05) is 17.2 Å². The van der Waals surface area contributed by atoms with Crippen LogP contribution in [0.1, 0.15) is 31.8 Å². The number of sulfonamides is 1. The topological polar surface area (TPSA) is 104 Å². The first-order valence-electron chi connectivity index (χ1n) is 10.2. The first-order valence-corrected chi connectivity index (χ1v) is 11.9. The van der Waals surface area contributed by atoms with Gasteiger partial charge in [-0.25, -0.2) is 13.1 Å². The zero-order valence-electron chi connectivity index (χ0n) is 18.2. The number of carbonyl (C=O) groups excluding carboxylic acids is 2. The normalized spacial score (nSPS) is 10.9. The van der Waals surface area contributed by atoms with Crippen LogP contribution < -0.4 is 15.4 Å². The molecule has 8 heteroatoms. The molecular formula is C25H25N3O4S. The largest absolute Gasteiger partial charge is 0.322 e. The van der Waals surface area contributed by atoms with Crippen molar-refractivity contribution in [1.82, 2.24) is 4.72 Å². The van der Waals surface area contributed by atoms with Gasteiger partial charge in [0.15, 0.2) is 0 Å². The molecule has 33 heavy (non-hydrogen) atoms. The SMILES string of the molecule is C=CCNS(=O)(=O)Cc1ccc(NC(=O)c2ccc(C)c(NC(=O)c3ccccc3)c2)cc1. The molecule has 0 aliphatic carbocycles. The Kier molecular flexibility index (Phi) is 7.76. The fraction of sp³-hybridized carbons (Fsp3) is 0.120. The van der Waals surface area contributed by atoms with E-state index >= 15 is 0 Å². The highest BCUT2D eigenvalue weighted by molar-refractivity contribution is 7.88. The van der Waals surface area contributed by atoms with Gasteiger partial charge in [-0.3, -0.25) is 9.59 Å². The molecule has 2 amide bonds. The number of carbonyl (C=O) groups is 2. The van der Waals surface area contributed by atoms with Gasteiger partial charge in [0.1, 0.15) is 0 Å².